The quantitative estimate of drug-likeness (QED) is 0.272. The first-order valence-electron chi connectivity index (χ1n) is 8.27. The van der Waals surface area contributed by atoms with E-state index in [0.29, 0.717) is 11.1 Å². The molecular formula is C20H13CuF4N3O2. The fourth-order valence-corrected chi connectivity index (χ4v) is 3.14. The molecule has 0 amide bonds. The Morgan fingerprint density at radius 1 is 1.00 bits per heavy atom. The van der Waals surface area contributed by atoms with Gasteiger partial charge in [0, 0.05) is 22.6 Å². The van der Waals surface area contributed by atoms with Crippen molar-refractivity contribution >= 4 is 5.78 Å². The van der Waals surface area contributed by atoms with E-state index < -0.39 is 46.2 Å². The van der Waals surface area contributed by atoms with Gasteiger partial charge in [-0.05, 0) is 31.9 Å². The molecule has 2 aromatic carbocycles. The Hall–Kier alpha value is -3.15. The molecule has 0 saturated carbocycles. The monoisotopic (exact) mass is 466 g/mol. The summed E-state index contributed by atoms with van der Waals surface area (Å²) in [5.41, 5.74) is -1.86. The van der Waals surface area contributed by atoms with Crippen LogP contribution in [0.4, 0.5) is 17.6 Å². The molecule has 10 heteroatoms. The Bertz CT molecular complexity index is 1180. The Balaban J connectivity index is 0.00000320. The fourth-order valence-electron chi connectivity index (χ4n) is 3.14. The smallest absolute Gasteiger partial charge is 0.226 e. The SMILES string of the molecule is Cc1cccc(C)c1C(=O)c1c(C)nn(-c2c(F)c(F)c(C#N)c(F)c2F)c1O.[Cu]. The summed E-state index contributed by atoms with van der Waals surface area (Å²) < 4.78 is 56.8. The van der Waals surface area contributed by atoms with Crippen molar-refractivity contribution in [2.45, 2.75) is 20.8 Å². The van der Waals surface area contributed by atoms with Gasteiger partial charge in [-0.2, -0.15) is 15.0 Å². The molecule has 0 unspecified atom stereocenters. The number of carbonyl (C=O) groups is 1. The van der Waals surface area contributed by atoms with Gasteiger partial charge < -0.3 is 5.11 Å². The molecule has 0 spiro atoms. The van der Waals surface area contributed by atoms with Crippen molar-refractivity contribution in [3.8, 4) is 17.6 Å². The van der Waals surface area contributed by atoms with E-state index >= 15 is 0 Å². The topological polar surface area (TPSA) is 78.9 Å². The van der Waals surface area contributed by atoms with Gasteiger partial charge in [0.05, 0.1) is 5.69 Å². The predicted molar refractivity (Wildman–Crippen MR) is 93.9 cm³/mol. The Kier molecular flexibility index (Phi) is 6.40. The zero-order valence-corrected chi connectivity index (χ0v) is 16.7. The molecule has 1 N–H and O–H groups in total. The molecule has 0 atom stereocenters. The minimum Gasteiger partial charge on any atom is -0.493 e. The van der Waals surface area contributed by atoms with Crippen LogP contribution in [0.15, 0.2) is 18.2 Å². The number of aromatic hydroxyl groups is 1. The van der Waals surface area contributed by atoms with E-state index in [2.05, 4.69) is 5.10 Å². The summed E-state index contributed by atoms with van der Waals surface area (Å²) in [6.45, 7) is 4.63. The Morgan fingerprint density at radius 2 is 1.50 bits per heavy atom. The van der Waals surface area contributed by atoms with Crippen molar-refractivity contribution in [3.05, 3.63) is 75.0 Å². The average Bonchev–Trinajstić information content (AvgIpc) is 2.94. The molecular weight excluding hydrogens is 454 g/mol. The second-order valence-corrected chi connectivity index (χ2v) is 6.38. The van der Waals surface area contributed by atoms with E-state index in [1.807, 2.05) is 0 Å². The van der Waals surface area contributed by atoms with Gasteiger partial charge in [-0.25, -0.2) is 17.6 Å². The van der Waals surface area contributed by atoms with Crippen LogP contribution in [0, 0.1) is 55.4 Å². The fraction of sp³-hybridized carbons (Fsp3) is 0.150. The van der Waals surface area contributed by atoms with Crippen LogP contribution in [0.3, 0.4) is 0 Å². The number of hydrogen-bond acceptors (Lipinski definition) is 4. The molecule has 0 saturated heterocycles. The van der Waals surface area contributed by atoms with Crippen LogP contribution in [0.2, 0.25) is 0 Å². The number of hydrogen-bond donors (Lipinski definition) is 1. The molecule has 0 aliphatic rings. The first-order valence-corrected chi connectivity index (χ1v) is 8.27. The summed E-state index contributed by atoms with van der Waals surface area (Å²) in [5, 5.41) is 22.8. The molecule has 0 fully saturated rings. The standard InChI is InChI=1S/C20H13F4N3O2.Cu/c1-8-5-4-6-9(2)12(8)19(28)13-10(3)26-27(20(13)29)18-16(23)14(21)11(7-25)15(22)17(18)24;/h4-6,29H,1-3H3;. The second-order valence-electron chi connectivity index (χ2n) is 6.38. The molecule has 3 rings (SSSR count). The Morgan fingerprint density at radius 3 is 1.97 bits per heavy atom. The van der Waals surface area contributed by atoms with E-state index in [4.69, 9.17) is 5.26 Å². The zero-order valence-electron chi connectivity index (χ0n) is 15.7. The van der Waals surface area contributed by atoms with Crippen molar-refractivity contribution in [2.24, 2.45) is 0 Å². The first-order chi connectivity index (χ1) is 13.6. The van der Waals surface area contributed by atoms with Gasteiger partial charge in [0.2, 0.25) is 11.7 Å². The van der Waals surface area contributed by atoms with Gasteiger partial charge >= 0.3 is 0 Å². The summed E-state index contributed by atoms with van der Waals surface area (Å²) >= 11 is 0. The van der Waals surface area contributed by atoms with Gasteiger partial charge in [0.1, 0.15) is 22.9 Å². The number of nitrogens with zero attached hydrogens (tertiary/aromatic N) is 3. The van der Waals surface area contributed by atoms with Crippen LogP contribution in [0.1, 0.15) is 38.3 Å². The maximum atomic E-state index is 14.4. The maximum absolute atomic E-state index is 14.4. The van der Waals surface area contributed by atoms with Gasteiger partial charge in [-0.3, -0.25) is 4.79 Å². The van der Waals surface area contributed by atoms with E-state index in [1.165, 1.54) is 6.92 Å². The zero-order chi connectivity index (χ0) is 21.6. The molecule has 0 bridgehead atoms. The van der Waals surface area contributed by atoms with Gasteiger partial charge in [-0.1, -0.05) is 18.2 Å². The van der Waals surface area contributed by atoms with Crippen LogP contribution in [0.5, 0.6) is 5.88 Å². The molecule has 30 heavy (non-hydrogen) atoms. The molecule has 0 aliphatic carbocycles. The van der Waals surface area contributed by atoms with Crippen LogP contribution < -0.4 is 0 Å². The molecule has 0 aliphatic heterocycles. The van der Waals surface area contributed by atoms with Crippen LogP contribution in [-0.2, 0) is 17.1 Å². The summed E-state index contributed by atoms with van der Waals surface area (Å²) in [4.78, 5) is 13.0. The van der Waals surface area contributed by atoms with Crippen molar-refractivity contribution in [2.75, 3.05) is 0 Å². The van der Waals surface area contributed by atoms with E-state index in [0.717, 1.165) is 6.07 Å². The largest absolute Gasteiger partial charge is 0.493 e. The minimum atomic E-state index is -1.93. The third-order valence-electron chi connectivity index (χ3n) is 4.54. The summed E-state index contributed by atoms with van der Waals surface area (Å²) in [6.07, 6.45) is 0. The van der Waals surface area contributed by atoms with E-state index in [1.54, 1.807) is 32.0 Å². The van der Waals surface area contributed by atoms with E-state index in [-0.39, 0.29) is 38.6 Å². The van der Waals surface area contributed by atoms with Gasteiger partial charge in [0.15, 0.2) is 23.3 Å². The number of benzene rings is 2. The van der Waals surface area contributed by atoms with Crippen molar-refractivity contribution < 1.29 is 44.5 Å². The van der Waals surface area contributed by atoms with Crippen molar-refractivity contribution in [1.82, 2.24) is 9.78 Å². The summed E-state index contributed by atoms with van der Waals surface area (Å²) in [6, 6.07) is 6.09. The number of rotatable bonds is 3. The van der Waals surface area contributed by atoms with Crippen molar-refractivity contribution in [3.63, 3.8) is 0 Å². The molecule has 1 aromatic heterocycles. The number of halogens is 4. The third kappa shape index (κ3) is 3.36. The first kappa shape index (κ1) is 23.1. The molecule has 1 heterocycles. The average molecular weight is 467 g/mol. The summed E-state index contributed by atoms with van der Waals surface area (Å²) in [5.74, 6) is -9.38. The Labute approximate surface area is 179 Å². The number of nitriles is 1. The molecule has 5 nitrogen and oxygen atoms in total. The summed E-state index contributed by atoms with van der Waals surface area (Å²) in [7, 11) is 0. The van der Waals surface area contributed by atoms with Gasteiger partial charge in [0.25, 0.3) is 0 Å². The number of aryl methyl sites for hydroxylation is 3. The molecule has 159 valence electrons. The molecule has 1 radical (unpaired) electrons. The molecule has 3 aromatic rings. The van der Waals surface area contributed by atoms with Crippen molar-refractivity contribution in [1.29, 1.82) is 5.26 Å². The van der Waals surface area contributed by atoms with Crippen LogP contribution >= 0.6 is 0 Å². The number of aromatic nitrogens is 2. The number of carbonyl (C=O) groups excluding carboxylic acids is 1. The van der Waals surface area contributed by atoms with Crippen LogP contribution in [-0.4, -0.2) is 20.7 Å². The second kappa shape index (κ2) is 8.30. The van der Waals surface area contributed by atoms with E-state index in [9.17, 15) is 27.5 Å². The predicted octanol–water partition coefficient (Wildman–Crippen LogP) is 4.16. The normalized spacial score (nSPS) is 10.5. The van der Waals surface area contributed by atoms with Gasteiger partial charge in [-0.15, -0.1) is 0 Å². The maximum Gasteiger partial charge on any atom is 0.226 e. The van der Waals surface area contributed by atoms with Crippen LogP contribution in [0.25, 0.3) is 5.69 Å². The minimum absolute atomic E-state index is 0. The number of ketones is 1. The third-order valence-corrected chi connectivity index (χ3v) is 4.54.